The van der Waals surface area contributed by atoms with Crippen molar-refractivity contribution in [3.8, 4) is 11.4 Å². The smallest absolute Gasteiger partial charge is 0.160 e. The van der Waals surface area contributed by atoms with Gasteiger partial charge in [-0.1, -0.05) is 11.6 Å². The molecule has 0 bridgehead atoms. The van der Waals surface area contributed by atoms with Crippen LogP contribution in [0.3, 0.4) is 0 Å². The summed E-state index contributed by atoms with van der Waals surface area (Å²) in [5, 5.41) is 0.566. The van der Waals surface area contributed by atoms with Crippen molar-refractivity contribution in [1.82, 2.24) is 9.97 Å². The van der Waals surface area contributed by atoms with E-state index in [-0.39, 0.29) is 0 Å². The van der Waals surface area contributed by atoms with Crippen LogP contribution in [-0.2, 0) is 0 Å². The monoisotopic (exact) mass is 205 g/mol. The second kappa shape index (κ2) is 3.64. The zero-order valence-electron chi connectivity index (χ0n) is 7.31. The van der Waals surface area contributed by atoms with Crippen molar-refractivity contribution in [2.24, 2.45) is 0 Å². The highest BCUT2D eigenvalue weighted by Crippen LogP contribution is 2.26. The van der Waals surface area contributed by atoms with Crippen molar-refractivity contribution in [2.75, 3.05) is 5.73 Å². The van der Waals surface area contributed by atoms with Crippen molar-refractivity contribution in [1.29, 1.82) is 0 Å². The Bertz CT molecular complexity index is 442. The van der Waals surface area contributed by atoms with Crippen molar-refractivity contribution in [2.45, 2.75) is 0 Å². The molecule has 1 heterocycles. The van der Waals surface area contributed by atoms with E-state index in [2.05, 4.69) is 9.97 Å². The molecule has 0 radical (unpaired) electrons. The standard InChI is InChI=1S/C10H8ClN3/c11-9-6-7(12)2-3-8(9)10-13-4-1-5-14-10/h1-6H,12H2. The Morgan fingerprint density at radius 2 is 1.86 bits per heavy atom. The SMILES string of the molecule is Nc1ccc(-c2ncccn2)c(Cl)c1. The van der Waals surface area contributed by atoms with E-state index in [0.717, 1.165) is 5.56 Å². The van der Waals surface area contributed by atoms with Crippen LogP contribution in [0, 0.1) is 0 Å². The van der Waals surface area contributed by atoms with Crippen LogP contribution in [0.25, 0.3) is 11.4 Å². The highest BCUT2D eigenvalue weighted by molar-refractivity contribution is 6.33. The lowest BCUT2D eigenvalue weighted by Gasteiger charge is -2.02. The topological polar surface area (TPSA) is 51.8 Å². The van der Waals surface area contributed by atoms with Gasteiger partial charge in [-0.15, -0.1) is 0 Å². The molecule has 70 valence electrons. The minimum Gasteiger partial charge on any atom is -0.399 e. The molecule has 0 unspecified atom stereocenters. The van der Waals surface area contributed by atoms with Gasteiger partial charge in [0.25, 0.3) is 0 Å². The molecule has 0 aliphatic heterocycles. The van der Waals surface area contributed by atoms with Crippen molar-refractivity contribution < 1.29 is 0 Å². The van der Waals surface area contributed by atoms with E-state index in [9.17, 15) is 0 Å². The molecule has 0 spiro atoms. The summed E-state index contributed by atoms with van der Waals surface area (Å²) < 4.78 is 0. The van der Waals surface area contributed by atoms with Crippen molar-refractivity contribution >= 4 is 17.3 Å². The predicted octanol–water partition coefficient (Wildman–Crippen LogP) is 2.38. The van der Waals surface area contributed by atoms with Crippen LogP contribution in [0.4, 0.5) is 5.69 Å². The van der Waals surface area contributed by atoms with E-state index in [0.29, 0.717) is 16.5 Å². The first kappa shape index (κ1) is 8.97. The van der Waals surface area contributed by atoms with Crippen molar-refractivity contribution in [3.63, 3.8) is 0 Å². The summed E-state index contributed by atoms with van der Waals surface area (Å²) in [5.74, 6) is 0.609. The highest BCUT2D eigenvalue weighted by atomic mass is 35.5. The maximum Gasteiger partial charge on any atom is 0.160 e. The lowest BCUT2D eigenvalue weighted by molar-refractivity contribution is 1.18. The van der Waals surface area contributed by atoms with E-state index < -0.39 is 0 Å². The minimum absolute atomic E-state index is 0.566. The molecule has 0 aliphatic rings. The van der Waals surface area contributed by atoms with Crippen LogP contribution in [0.2, 0.25) is 5.02 Å². The number of benzene rings is 1. The van der Waals surface area contributed by atoms with Gasteiger partial charge < -0.3 is 5.73 Å². The first-order valence-electron chi connectivity index (χ1n) is 4.10. The summed E-state index contributed by atoms with van der Waals surface area (Å²) in [7, 11) is 0. The number of nitrogens with zero attached hydrogens (tertiary/aromatic N) is 2. The van der Waals surface area contributed by atoms with Gasteiger partial charge in [0.15, 0.2) is 5.82 Å². The summed E-state index contributed by atoms with van der Waals surface area (Å²) in [6.07, 6.45) is 3.35. The lowest BCUT2D eigenvalue weighted by atomic mass is 10.2. The van der Waals surface area contributed by atoms with Crippen LogP contribution >= 0.6 is 11.6 Å². The molecule has 4 heteroatoms. The van der Waals surface area contributed by atoms with E-state index >= 15 is 0 Å². The molecular weight excluding hydrogens is 198 g/mol. The van der Waals surface area contributed by atoms with Gasteiger partial charge in [0, 0.05) is 23.6 Å². The molecule has 2 aromatic rings. The number of hydrogen-bond donors (Lipinski definition) is 1. The van der Waals surface area contributed by atoms with Crippen LogP contribution in [0.15, 0.2) is 36.7 Å². The third kappa shape index (κ3) is 1.67. The van der Waals surface area contributed by atoms with E-state index in [1.165, 1.54) is 0 Å². The molecule has 0 saturated heterocycles. The Balaban J connectivity index is 2.53. The molecule has 0 aliphatic carbocycles. The number of anilines is 1. The van der Waals surface area contributed by atoms with Gasteiger partial charge in [-0.05, 0) is 24.3 Å². The van der Waals surface area contributed by atoms with Crippen LogP contribution in [-0.4, -0.2) is 9.97 Å². The Labute approximate surface area is 86.6 Å². The van der Waals surface area contributed by atoms with Gasteiger partial charge in [0.1, 0.15) is 0 Å². The largest absolute Gasteiger partial charge is 0.399 e. The zero-order chi connectivity index (χ0) is 9.97. The Morgan fingerprint density at radius 1 is 1.14 bits per heavy atom. The van der Waals surface area contributed by atoms with Crippen molar-refractivity contribution in [3.05, 3.63) is 41.7 Å². The van der Waals surface area contributed by atoms with Gasteiger partial charge in [-0.3, -0.25) is 0 Å². The third-order valence-corrected chi connectivity index (χ3v) is 2.11. The molecule has 2 rings (SSSR count). The van der Waals surface area contributed by atoms with Crippen LogP contribution < -0.4 is 5.73 Å². The molecule has 0 amide bonds. The van der Waals surface area contributed by atoms with E-state index in [1.54, 1.807) is 30.6 Å². The molecule has 1 aromatic carbocycles. The molecule has 0 fully saturated rings. The first-order valence-corrected chi connectivity index (χ1v) is 4.47. The maximum atomic E-state index is 6.00. The molecule has 1 aromatic heterocycles. The predicted molar refractivity (Wildman–Crippen MR) is 56.9 cm³/mol. The Kier molecular flexibility index (Phi) is 2.33. The van der Waals surface area contributed by atoms with Crippen LogP contribution in [0.5, 0.6) is 0 Å². The number of hydrogen-bond acceptors (Lipinski definition) is 3. The summed E-state index contributed by atoms with van der Waals surface area (Å²) in [6, 6.07) is 7.03. The second-order valence-electron chi connectivity index (χ2n) is 2.81. The zero-order valence-corrected chi connectivity index (χ0v) is 8.07. The Morgan fingerprint density at radius 3 is 2.50 bits per heavy atom. The molecule has 14 heavy (non-hydrogen) atoms. The quantitative estimate of drug-likeness (QED) is 0.728. The number of nitrogen functional groups attached to an aromatic ring is 1. The fourth-order valence-electron chi connectivity index (χ4n) is 1.15. The average Bonchev–Trinajstić information content (AvgIpc) is 2.19. The second-order valence-corrected chi connectivity index (χ2v) is 3.22. The summed E-state index contributed by atoms with van der Waals surface area (Å²) >= 11 is 6.00. The minimum atomic E-state index is 0.566. The van der Waals surface area contributed by atoms with Gasteiger partial charge in [0.2, 0.25) is 0 Å². The van der Waals surface area contributed by atoms with Gasteiger partial charge >= 0.3 is 0 Å². The third-order valence-electron chi connectivity index (χ3n) is 1.80. The maximum absolute atomic E-state index is 6.00. The molecule has 0 atom stereocenters. The van der Waals surface area contributed by atoms with Gasteiger partial charge in [-0.2, -0.15) is 0 Å². The fourth-order valence-corrected chi connectivity index (χ4v) is 1.42. The lowest BCUT2D eigenvalue weighted by Crippen LogP contribution is -1.90. The van der Waals surface area contributed by atoms with E-state index in [1.807, 2.05) is 6.07 Å². The number of halogens is 1. The normalized spacial score (nSPS) is 10.1. The molecular formula is C10H8ClN3. The Hall–Kier alpha value is -1.61. The van der Waals surface area contributed by atoms with Gasteiger partial charge in [-0.25, -0.2) is 9.97 Å². The first-order chi connectivity index (χ1) is 6.77. The highest BCUT2D eigenvalue weighted by Gasteiger charge is 2.04. The number of aromatic nitrogens is 2. The number of rotatable bonds is 1. The van der Waals surface area contributed by atoms with Crippen LogP contribution in [0.1, 0.15) is 0 Å². The summed E-state index contributed by atoms with van der Waals surface area (Å²) in [6.45, 7) is 0. The molecule has 3 nitrogen and oxygen atoms in total. The summed E-state index contributed by atoms with van der Waals surface area (Å²) in [5.41, 5.74) is 7.01. The average molecular weight is 206 g/mol. The molecule has 0 saturated carbocycles. The van der Waals surface area contributed by atoms with E-state index in [4.69, 9.17) is 17.3 Å². The summed E-state index contributed by atoms with van der Waals surface area (Å²) in [4.78, 5) is 8.21. The van der Waals surface area contributed by atoms with Gasteiger partial charge in [0.05, 0.1) is 5.02 Å². The molecule has 2 N–H and O–H groups in total. The number of nitrogens with two attached hydrogens (primary N) is 1. The fraction of sp³-hybridized carbons (Fsp3) is 0.